The first-order chi connectivity index (χ1) is 6.29. The molecule has 0 aliphatic heterocycles. The maximum atomic E-state index is 5.36. The van der Waals surface area contributed by atoms with E-state index in [4.69, 9.17) is 4.74 Å². The molecule has 0 N–H and O–H groups in total. The number of halogens is 1. The average molecular weight is 241 g/mol. The highest BCUT2D eigenvalue weighted by Crippen LogP contribution is 2.27. The van der Waals surface area contributed by atoms with Crippen LogP contribution < -0.4 is 0 Å². The van der Waals surface area contributed by atoms with Gasteiger partial charge in [0.1, 0.15) is 0 Å². The van der Waals surface area contributed by atoms with Gasteiger partial charge in [0.15, 0.2) is 0 Å². The molecule has 2 heteroatoms. The summed E-state index contributed by atoms with van der Waals surface area (Å²) in [6.07, 6.45) is 2.81. The molecule has 70 valence electrons. The molecule has 1 aromatic carbocycles. The first-order valence-corrected chi connectivity index (χ1v) is 4.97. The summed E-state index contributed by atoms with van der Waals surface area (Å²) in [7, 11) is 1.72. The Bertz CT molecular complexity index is 283. The van der Waals surface area contributed by atoms with Crippen molar-refractivity contribution < 1.29 is 4.74 Å². The van der Waals surface area contributed by atoms with E-state index in [-0.39, 0.29) is 6.10 Å². The minimum absolute atomic E-state index is 0.105. The van der Waals surface area contributed by atoms with E-state index in [1.165, 1.54) is 5.56 Å². The molecule has 0 saturated heterocycles. The molecule has 1 nitrogen and oxygen atoms in total. The van der Waals surface area contributed by atoms with E-state index in [9.17, 15) is 0 Å². The highest BCUT2D eigenvalue weighted by molar-refractivity contribution is 9.10. The van der Waals surface area contributed by atoms with Crippen molar-refractivity contribution in [3.05, 3.63) is 47.0 Å². The zero-order valence-electron chi connectivity index (χ0n) is 7.66. The monoisotopic (exact) mass is 240 g/mol. The van der Waals surface area contributed by atoms with E-state index in [1.54, 1.807) is 7.11 Å². The highest BCUT2D eigenvalue weighted by Gasteiger charge is 2.10. The van der Waals surface area contributed by atoms with Gasteiger partial charge in [-0.05, 0) is 18.1 Å². The van der Waals surface area contributed by atoms with Crippen LogP contribution in [0.3, 0.4) is 0 Å². The van der Waals surface area contributed by atoms with Gasteiger partial charge in [0, 0.05) is 11.6 Å². The molecular weight excluding hydrogens is 228 g/mol. The summed E-state index contributed by atoms with van der Waals surface area (Å²) in [5.74, 6) is 0. The van der Waals surface area contributed by atoms with Gasteiger partial charge in [-0.3, -0.25) is 0 Å². The van der Waals surface area contributed by atoms with Gasteiger partial charge >= 0.3 is 0 Å². The Kier molecular flexibility index (Phi) is 4.19. The first kappa shape index (κ1) is 10.5. The van der Waals surface area contributed by atoms with Crippen molar-refractivity contribution in [1.29, 1.82) is 0 Å². The zero-order valence-corrected chi connectivity index (χ0v) is 9.25. The van der Waals surface area contributed by atoms with Gasteiger partial charge in [-0.15, -0.1) is 6.58 Å². The molecule has 0 aliphatic carbocycles. The second-order valence-corrected chi connectivity index (χ2v) is 3.62. The summed E-state index contributed by atoms with van der Waals surface area (Å²) in [6, 6.07) is 8.08. The normalized spacial score (nSPS) is 12.5. The van der Waals surface area contributed by atoms with Crippen molar-refractivity contribution in [1.82, 2.24) is 0 Å². The van der Waals surface area contributed by atoms with Crippen LogP contribution in [-0.2, 0) is 4.74 Å². The van der Waals surface area contributed by atoms with Crippen molar-refractivity contribution in [2.45, 2.75) is 12.5 Å². The molecule has 0 radical (unpaired) electrons. The second-order valence-electron chi connectivity index (χ2n) is 2.77. The Hall–Kier alpha value is -0.600. The van der Waals surface area contributed by atoms with E-state index >= 15 is 0 Å². The summed E-state index contributed by atoms with van der Waals surface area (Å²) >= 11 is 3.49. The smallest absolute Gasteiger partial charge is 0.0866 e. The Morgan fingerprint density at radius 1 is 1.54 bits per heavy atom. The third kappa shape index (κ3) is 2.68. The van der Waals surface area contributed by atoms with Crippen LogP contribution in [0.5, 0.6) is 0 Å². The van der Waals surface area contributed by atoms with E-state index in [2.05, 4.69) is 28.6 Å². The largest absolute Gasteiger partial charge is 0.376 e. The fourth-order valence-electron chi connectivity index (χ4n) is 1.24. The average Bonchev–Trinajstić information content (AvgIpc) is 2.16. The molecular formula is C11H13BrO. The molecule has 13 heavy (non-hydrogen) atoms. The standard InChI is InChI=1S/C11H13BrO/c1-3-6-11(13-2)9-7-4-5-8-10(9)12/h3-5,7-8,11H,1,6H2,2H3. The lowest BCUT2D eigenvalue weighted by molar-refractivity contribution is 0.105. The highest BCUT2D eigenvalue weighted by atomic mass is 79.9. The third-order valence-corrected chi connectivity index (χ3v) is 2.64. The number of ether oxygens (including phenoxy) is 1. The van der Waals surface area contributed by atoms with Crippen LogP contribution in [0, 0.1) is 0 Å². The second kappa shape index (κ2) is 5.20. The number of methoxy groups -OCH3 is 1. The quantitative estimate of drug-likeness (QED) is 0.730. The Balaban J connectivity index is 2.90. The molecule has 1 unspecified atom stereocenters. The van der Waals surface area contributed by atoms with Gasteiger partial charge in [0.2, 0.25) is 0 Å². The van der Waals surface area contributed by atoms with Crippen LogP contribution in [0.1, 0.15) is 18.1 Å². The van der Waals surface area contributed by atoms with Crippen LogP contribution in [0.25, 0.3) is 0 Å². The van der Waals surface area contributed by atoms with Gasteiger partial charge in [-0.2, -0.15) is 0 Å². The summed E-state index contributed by atoms with van der Waals surface area (Å²) in [4.78, 5) is 0. The number of rotatable bonds is 4. The molecule has 1 atom stereocenters. The van der Waals surface area contributed by atoms with Crippen molar-refractivity contribution in [3.63, 3.8) is 0 Å². The van der Waals surface area contributed by atoms with Crippen LogP contribution in [0.15, 0.2) is 41.4 Å². The summed E-state index contributed by atoms with van der Waals surface area (Å²) in [5.41, 5.74) is 1.17. The molecule has 0 aliphatic rings. The van der Waals surface area contributed by atoms with E-state index in [1.807, 2.05) is 24.3 Å². The Morgan fingerprint density at radius 3 is 2.77 bits per heavy atom. The van der Waals surface area contributed by atoms with Crippen LogP contribution in [0.4, 0.5) is 0 Å². The molecule has 0 amide bonds. The van der Waals surface area contributed by atoms with Crippen LogP contribution >= 0.6 is 15.9 Å². The first-order valence-electron chi connectivity index (χ1n) is 4.17. The predicted octanol–water partition coefficient (Wildman–Crippen LogP) is 3.71. The molecule has 0 bridgehead atoms. The summed E-state index contributed by atoms with van der Waals surface area (Å²) in [6.45, 7) is 3.71. The number of hydrogen-bond acceptors (Lipinski definition) is 1. The third-order valence-electron chi connectivity index (χ3n) is 1.92. The fourth-order valence-corrected chi connectivity index (χ4v) is 1.78. The maximum absolute atomic E-state index is 5.36. The van der Waals surface area contributed by atoms with Gasteiger partial charge in [0.05, 0.1) is 6.10 Å². The topological polar surface area (TPSA) is 9.23 Å². The molecule has 0 aromatic heterocycles. The van der Waals surface area contributed by atoms with Gasteiger partial charge in [-0.25, -0.2) is 0 Å². The van der Waals surface area contributed by atoms with Crippen molar-refractivity contribution in [2.75, 3.05) is 7.11 Å². The minimum atomic E-state index is 0.105. The van der Waals surface area contributed by atoms with Crippen molar-refractivity contribution >= 4 is 15.9 Å². The predicted molar refractivity (Wildman–Crippen MR) is 58.7 cm³/mol. The van der Waals surface area contributed by atoms with Crippen molar-refractivity contribution in [3.8, 4) is 0 Å². The van der Waals surface area contributed by atoms with Gasteiger partial charge in [0.25, 0.3) is 0 Å². The molecule has 0 fully saturated rings. The molecule has 0 spiro atoms. The van der Waals surface area contributed by atoms with E-state index in [0.717, 1.165) is 10.9 Å². The molecule has 0 heterocycles. The Labute approximate surface area is 87.5 Å². The SMILES string of the molecule is C=CCC(OC)c1ccccc1Br. The van der Waals surface area contributed by atoms with E-state index < -0.39 is 0 Å². The molecule has 1 aromatic rings. The maximum Gasteiger partial charge on any atom is 0.0866 e. The lowest BCUT2D eigenvalue weighted by Crippen LogP contribution is -2.00. The van der Waals surface area contributed by atoms with Gasteiger partial charge < -0.3 is 4.74 Å². The summed E-state index contributed by atoms with van der Waals surface area (Å²) < 4.78 is 6.44. The molecule has 0 saturated carbocycles. The minimum Gasteiger partial charge on any atom is -0.376 e. The van der Waals surface area contributed by atoms with Crippen LogP contribution in [0.2, 0.25) is 0 Å². The van der Waals surface area contributed by atoms with Gasteiger partial charge in [-0.1, -0.05) is 40.2 Å². The van der Waals surface area contributed by atoms with Crippen LogP contribution in [-0.4, -0.2) is 7.11 Å². The number of hydrogen-bond donors (Lipinski definition) is 0. The van der Waals surface area contributed by atoms with Crippen molar-refractivity contribution in [2.24, 2.45) is 0 Å². The number of benzene rings is 1. The van der Waals surface area contributed by atoms with E-state index in [0.29, 0.717) is 0 Å². The molecule has 1 rings (SSSR count). The lowest BCUT2D eigenvalue weighted by Gasteiger charge is -2.14. The Morgan fingerprint density at radius 2 is 2.23 bits per heavy atom. The fraction of sp³-hybridized carbons (Fsp3) is 0.273. The summed E-state index contributed by atoms with van der Waals surface area (Å²) in [5, 5.41) is 0. The lowest BCUT2D eigenvalue weighted by atomic mass is 10.1. The zero-order chi connectivity index (χ0) is 9.68.